The second-order valence-corrected chi connectivity index (χ2v) is 3.96. The summed E-state index contributed by atoms with van der Waals surface area (Å²) in [7, 11) is 0. The van der Waals surface area contributed by atoms with Crippen molar-refractivity contribution in [2.24, 2.45) is 5.73 Å². The molecule has 4 heteroatoms. The van der Waals surface area contributed by atoms with Crippen LogP contribution >= 0.6 is 0 Å². The molecule has 2 rings (SSSR count). The summed E-state index contributed by atoms with van der Waals surface area (Å²) in [6.07, 6.45) is 0. The van der Waals surface area contributed by atoms with Crippen LogP contribution in [0.4, 0.5) is 0 Å². The predicted octanol–water partition coefficient (Wildman–Crippen LogP) is 2.24. The van der Waals surface area contributed by atoms with Crippen molar-refractivity contribution in [3.05, 3.63) is 65.2 Å². The minimum atomic E-state index is -0.456. The number of nitrogens with zero attached hydrogens (tertiary/aromatic N) is 1. The van der Waals surface area contributed by atoms with Crippen LogP contribution in [-0.4, -0.2) is 5.91 Å². The Morgan fingerprint density at radius 1 is 1.16 bits per heavy atom. The van der Waals surface area contributed by atoms with Crippen LogP contribution in [0.15, 0.2) is 48.5 Å². The lowest BCUT2D eigenvalue weighted by molar-refractivity contribution is 0.1000. The topological polar surface area (TPSA) is 76.1 Å². The van der Waals surface area contributed by atoms with Crippen LogP contribution in [-0.2, 0) is 6.61 Å². The van der Waals surface area contributed by atoms with Crippen molar-refractivity contribution in [3.8, 4) is 11.8 Å². The van der Waals surface area contributed by atoms with E-state index in [2.05, 4.69) is 6.07 Å². The molecule has 0 unspecified atom stereocenters. The van der Waals surface area contributed by atoms with Gasteiger partial charge in [-0.25, -0.2) is 0 Å². The van der Waals surface area contributed by atoms with Crippen molar-refractivity contribution >= 4 is 5.91 Å². The highest BCUT2D eigenvalue weighted by Gasteiger charge is 2.03. The highest BCUT2D eigenvalue weighted by Crippen LogP contribution is 2.18. The average molecular weight is 252 g/mol. The first-order chi connectivity index (χ1) is 9.20. The summed E-state index contributed by atoms with van der Waals surface area (Å²) in [5.41, 5.74) is 7.02. The van der Waals surface area contributed by atoms with E-state index in [4.69, 9.17) is 15.7 Å². The van der Waals surface area contributed by atoms with Crippen LogP contribution in [0.1, 0.15) is 21.5 Å². The summed E-state index contributed by atoms with van der Waals surface area (Å²) in [6, 6.07) is 16.0. The number of hydrogen-bond acceptors (Lipinski definition) is 3. The molecule has 1 amide bonds. The van der Waals surface area contributed by atoms with Gasteiger partial charge in [-0.3, -0.25) is 4.79 Å². The van der Waals surface area contributed by atoms with Gasteiger partial charge in [0.2, 0.25) is 5.91 Å². The van der Waals surface area contributed by atoms with E-state index >= 15 is 0 Å². The lowest BCUT2D eigenvalue weighted by Crippen LogP contribution is -2.10. The zero-order valence-corrected chi connectivity index (χ0v) is 10.2. The quantitative estimate of drug-likeness (QED) is 0.906. The molecule has 94 valence electrons. The Hall–Kier alpha value is -2.80. The summed E-state index contributed by atoms with van der Waals surface area (Å²) >= 11 is 0. The van der Waals surface area contributed by atoms with Crippen LogP contribution in [0, 0.1) is 11.3 Å². The lowest BCUT2D eigenvalue weighted by Gasteiger charge is -2.07. The van der Waals surface area contributed by atoms with E-state index in [0.29, 0.717) is 23.5 Å². The highest BCUT2D eigenvalue weighted by molar-refractivity contribution is 5.92. The van der Waals surface area contributed by atoms with Crippen LogP contribution in [0.25, 0.3) is 0 Å². The van der Waals surface area contributed by atoms with Gasteiger partial charge in [-0.05, 0) is 29.8 Å². The van der Waals surface area contributed by atoms with Crippen LogP contribution in [0.2, 0.25) is 0 Å². The molecule has 4 nitrogen and oxygen atoms in total. The maximum absolute atomic E-state index is 10.9. The fourth-order valence-electron chi connectivity index (χ4n) is 1.61. The minimum Gasteiger partial charge on any atom is -0.488 e. The number of nitriles is 1. The standard InChI is InChI=1S/C15H12N2O2/c16-9-13-3-1-2-4-14(13)19-10-11-5-7-12(8-6-11)15(17)18/h1-8H,10H2,(H2,17,18). The fourth-order valence-corrected chi connectivity index (χ4v) is 1.61. The zero-order chi connectivity index (χ0) is 13.7. The van der Waals surface area contributed by atoms with E-state index in [1.807, 2.05) is 6.07 Å². The molecule has 0 saturated carbocycles. The third kappa shape index (κ3) is 3.11. The Bertz CT molecular complexity index is 627. The normalized spacial score (nSPS) is 9.63. The molecule has 0 aliphatic heterocycles. The Labute approximate surface area is 111 Å². The van der Waals surface area contributed by atoms with Crippen LogP contribution < -0.4 is 10.5 Å². The highest BCUT2D eigenvalue weighted by atomic mass is 16.5. The van der Waals surface area contributed by atoms with Crippen LogP contribution in [0.3, 0.4) is 0 Å². The molecular weight excluding hydrogens is 240 g/mol. The van der Waals surface area contributed by atoms with Crippen molar-refractivity contribution in [3.63, 3.8) is 0 Å². The second-order valence-electron chi connectivity index (χ2n) is 3.96. The van der Waals surface area contributed by atoms with Gasteiger partial charge in [0.1, 0.15) is 18.4 Å². The maximum Gasteiger partial charge on any atom is 0.248 e. The predicted molar refractivity (Wildman–Crippen MR) is 70.4 cm³/mol. The first-order valence-electron chi connectivity index (χ1n) is 5.71. The first-order valence-corrected chi connectivity index (χ1v) is 5.71. The van der Waals surface area contributed by atoms with E-state index in [9.17, 15) is 4.79 Å². The number of ether oxygens (including phenoxy) is 1. The number of rotatable bonds is 4. The van der Waals surface area contributed by atoms with Crippen molar-refractivity contribution in [2.45, 2.75) is 6.61 Å². The van der Waals surface area contributed by atoms with Crippen molar-refractivity contribution < 1.29 is 9.53 Å². The molecule has 0 heterocycles. The molecular formula is C15H12N2O2. The number of carbonyl (C=O) groups excluding carboxylic acids is 1. The fraction of sp³-hybridized carbons (Fsp3) is 0.0667. The second kappa shape index (κ2) is 5.69. The minimum absolute atomic E-state index is 0.331. The molecule has 2 aromatic rings. The van der Waals surface area contributed by atoms with Gasteiger partial charge in [-0.15, -0.1) is 0 Å². The molecule has 0 bridgehead atoms. The number of para-hydroxylation sites is 1. The molecule has 0 saturated heterocycles. The van der Waals surface area contributed by atoms with Gasteiger partial charge in [0.25, 0.3) is 0 Å². The van der Waals surface area contributed by atoms with Gasteiger partial charge >= 0.3 is 0 Å². The molecule has 19 heavy (non-hydrogen) atoms. The Morgan fingerprint density at radius 2 is 1.84 bits per heavy atom. The number of amides is 1. The number of carbonyl (C=O) groups is 1. The van der Waals surface area contributed by atoms with E-state index in [0.717, 1.165) is 5.56 Å². The van der Waals surface area contributed by atoms with E-state index in [1.165, 1.54) is 0 Å². The van der Waals surface area contributed by atoms with Gasteiger partial charge in [0.15, 0.2) is 0 Å². The number of primary amides is 1. The monoisotopic (exact) mass is 252 g/mol. The molecule has 2 N–H and O–H groups in total. The summed E-state index contributed by atoms with van der Waals surface area (Å²) in [5, 5.41) is 8.93. The van der Waals surface area contributed by atoms with E-state index < -0.39 is 5.91 Å². The molecule has 0 fully saturated rings. The molecule has 0 atom stereocenters. The number of hydrogen-bond donors (Lipinski definition) is 1. The first kappa shape index (κ1) is 12.7. The Morgan fingerprint density at radius 3 is 2.47 bits per heavy atom. The Kier molecular flexibility index (Phi) is 3.79. The molecule has 0 aliphatic carbocycles. The van der Waals surface area contributed by atoms with E-state index in [-0.39, 0.29) is 0 Å². The van der Waals surface area contributed by atoms with Gasteiger partial charge in [0, 0.05) is 5.56 Å². The summed E-state index contributed by atoms with van der Waals surface area (Å²) < 4.78 is 5.58. The van der Waals surface area contributed by atoms with Gasteiger partial charge in [-0.2, -0.15) is 5.26 Å². The molecule has 0 aromatic heterocycles. The van der Waals surface area contributed by atoms with Gasteiger partial charge in [0.05, 0.1) is 5.56 Å². The summed E-state index contributed by atoms with van der Waals surface area (Å²) in [4.78, 5) is 10.9. The molecule has 0 radical (unpaired) electrons. The number of benzene rings is 2. The SMILES string of the molecule is N#Cc1ccccc1OCc1ccc(C(N)=O)cc1. The average Bonchev–Trinajstić information content (AvgIpc) is 2.45. The molecule has 0 aliphatic rings. The zero-order valence-electron chi connectivity index (χ0n) is 10.2. The molecule has 2 aromatic carbocycles. The Balaban J connectivity index is 2.06. The largest absolute Gasteiger partial charge is 0.488 e. The maximum atomic E-state index is 10.9. The summed E-state index contributed by atoms with van der Waals surface area (Å²) in [5.74, 6) is 0.0891. The van der Waals surface area contributed by atoms with Crippen molar-refractivity contribution in [1.29, 1.82) is 5.26 Å². The van der Waals surface area contributed by atoms with Gasteiger partial charge in [-0.1, -0.05) is 24.3 Å². The van der Waals surface area contributed by atoms with Crippen molar-refractivity contribution in [2.75, 3.05) is 0 Å². The smallest absolute Gasteiger partial charge is 0.248 e. The van der Waals surface area contributed by atoms with Crippen LogP contribution in [0.5, 0.6) is 5.75 Å². The van der Waals surface area contributed by atoms with E-state index in [1.54, 1.807) is 42.5 Å². The summed E-state index contributed by atoms with van der Waals surface area (Å²) in [6.45, 7) is 0.331. The molecule has 0 spiro atoms. The lowest BCUT2D eigenvalue weighted by atomic mass is 10.1. The third-order valence-electron chi connectivity index (χ3n) is 2.64. The van der Waals surface area contributed by atoms with Gasteiger partial charge < -0.3 is 10.5 Å². The number of nitrogens with two attached hydrogens (primary N) is 1. The third-order valence-corrected chi connectivity index (χ3v) is 2.64. The van der Waals surface area contributed by atoms with Crippen molar-refractivity contribution in [1.82, 2.24) is 0 Å².